The number of halogens is 1. The van der Waals surface area contributed by atoms with Gasteiger partial charge in [-0.2, -0.15) is 0 Å². The number of carbonyl (C=O) groups excluding carboxylic acids is 1. The van der Waals surface area contributed by atoms with Crippen molar-refractivity contribution in [3.05, 3.63) is 0 Å². The quantitative estimate of drug-likeness (QED) is 0.725. The predicted octanol–water partition coefficient (Wildman–Crippen LogP) is 1.20. The van der Waals surface area contributed by atoms with Crippen molar-refractivity contribution in [2.45, 2.75) is 25.7 Å². The second kappa shape index (κ2) is 4.30. The van der Waals surface area contributed by atoms with Crippen molar-refractivity contribution in [1.82, 2.24) is 4.90 Å². The number of hydrogen-bond donors (Lipinski definition) is 1. The Kier molecular flexibility index (Phi) is 3.21. The zero-order valence-corrected chi connectivity index (χ0v) is 9.80. The van der Waals surface area contributed by atoms with Crippen molar-refractivity contribution in [3.63, 3.8) is 0 Å². The normalized spacial score (nSPS) is 35.3. The van der Waals surface area contributed by atoms with Crippen LogP contribution < -0.4 is 5.73 Å². The van der Waals surface area contributed by atoms with Gasteiger partial charge < -0.3 is 10.6 Å². The van der Waals surface area contributed by atoms with Gasteiger partial charge in [0, 0.05) is 19.0 Å². The van der Waals surface area contributed by atoms with Crippen LogP contribution in [0.4, 0.5) is 0 Å². The number of carbonyl (C=O) groups is 1. The Balaban J connectivity index is 1.94. The standard InChI is InChI=1S/C11H19ClN2O/c12-6-9-1-2-11(5-9)3-4-14(8-11)10(15)7-13/h9H,1-8,13H2/t9-,11+/m0/s1. The zero-order chi connectivity index (χ0) is 10.9. The van der Waals surface area contributed by atoms with Crippen LogP contribution in [0.3, 0.4) is 0 Å². The van der Waals surface area contributed by atoms with E-state index >= 15 is 0 Å². The summed E-state index contributed by atoms with van der Waals surface area (Å²) in [6, 6.07) is 0. The van der Waals surface area contributed by atoms with Crippen molar-refractivity contribution in [2.75, 3.05) is 25.5 Å². The number of alkyl halides is 1. The number of hydrogen-bond acceptors (Lipinski definition) is 2. The number of amides is 1. The van der Waals surface area contributed by atoms with Gasteiger partial charge in [0.05, 0.1) is 6.54 Å². The van der Waals surface area contributed by atoms with Crippen LogP contribution in [0.15, 0.2) is 0 Å². The lowest BCUT2D eigenvalue weighted by Gasteiger charge is -2.23. The molecule has 0 unspecified atom stereocenters. The van der Waals surface area contributed by atoms with E-state index in [1.807, 2.05) is 4.90 Å². The molecule has 0 radical (unpaired) electrons. The maximum atomic E-state index is 11.5. The summed E-state index contributed by atoms with van der Waals surface area (Å²) in [5.74, 6) is 1.54. The molecule has 2 aliphatic rings. The summed E-state index contributed by atoms with van der Waals surface area (Å²) in [4.78, 5) is 13.4. The first kappa shape index (κ1) is 11.2. The maximum Gasteiger partial charge on any atom is 0.236 e. The van der Waals surface area contributed by atoms with Gasteiger partial charge in [0.2, 0.25) is 5.91 Å². The number of nitrogens with two attached hydrogens (primary N) is 1. The number of likely N-dealkylation sites (tertiary alicyclic amines) is 1. The van der Waals surface area contributed by atoms with Gasteiger partial charge in [-0.1, -0.05) is 0 Å². The molecular formula is C11H19ClN2O. The molecule has 1 amide bonds. The lowest BCUT2D eigenvalue weighted by Crippen LogP contribution is -2.35. The SMILES string of the molecule is NCC(=O)N1CC[C@@]2(CC[C@H](CCl)C2)C1. The van der Waals surface area contributed by atoms with Gasteiger partial charge in [0.25, 0.3) is 0 Å². The highest BCUT2D eigenvalue weighted by atomic mass is 35.5. The fourth-order valence-corrected chi connectivity index (χ4v) is 3.37. The van der Waals surface area contributed by atoms with E-state index in [4.69, 9.17) is 17.3 Å². The summed E-state index contributed by atoms with van der Waals surface area (Å²) < 4.78 is 0. The first-order valence-corrected chi connectivity index (χ1v) is 6.26. The molecule has 1 aliphatic heterocycles. The molecule has 1 saturated carbocycles. The molecule has 2 rings (SSSR count). The topological polar surface area (TPSA) is 46.3 Å². The summed E-state index contributed by atoms with van der Waals surface area (Å²) in [6.45, 7) is 1.95. The third-order valence-corrected chi connectivity index (χ3v) is 4.42. The predicted molar refractivity (Wildman–Crippen MR) is 60.7 cm³/mol. The lowest BCUT2D eigenvalue weighted by molar-refractivity contribution is -0.129. The molecule has 3 nitrogen and oxygen atoms in total. The average molecular weight is 231 g/mol. The summed E-state index contributed by atoms with van der Waals surface area (Å²) >= 11 is 5.90. The zero-order valence-electron chi connectivity index (χ0n) is 9.04. The molecule has 1 saturated heterocycles. The van der Waals surface area contributed by atoms with Crippen LogP contribution in [0.1, 0.15) is 25.7 Å². The molecule has 15 heavy (non-hydrogen) atoms. The average Bonchev–Trinajstić information content (AvgIpc) is 2.86. The molecule has 1 aliphatic carbocycles. The Morgan fingerprint density at radius 2 is 2.33 bits per heavy atom. The van der Waals surface area contributed by atoms with Gasteiger partial charge in [0.15, 0.2) is 0 Å². The molecule has 0 aromatic heterocycles. The minimum atomic E-state index is 0.0983. The van der Waals surface area contributed by atoms with Crippen LogP contribution >= 0.6 is 11.6 Å². The largest absolute Gasteiger partial charge is 0.341 e. The molecule has 0 bridgehead atoms. The van der Waals surface area contributed by atoms with E-state index in [1.54, 1.807) is 0 Å². The van der Waals surface area contributed by atoms with Gasteiger partial charge in [-0.3, -0.25) is 4.79 Å². The van der Waals surface area contributed by atoms with Crippen LogP contribution in [-0.2, 0) is 4.79 Å². The highest BCUT2D eigenvalue weighted by Gasteiger charge is 2.44. The maximum absolute atomic E-state index is 11.5. The molecule has 86 valence electrons. The lowest BCUT2D eigenvalue weighted by atomic mass is 9.85. The molecule has 4 heteroatoms. The minimum Gasteiger partial charge on any atom is -0.341 e. The monoisotopic (exact) mass is 230 g/mol. The highest BCUT2D eigenvalue weighted by molar-refractivity contribution is 6.18. The van der Waals surface area contributed by atoms with Gasteiger partial charge in [-0.25, -0.2) is 0 Å². The second-order valence-electron chi connectivity index (χ2n) is 5.03. The van der Waals surface area contributed by atoms with E-state index in [0.717, 1.165) is 25.4 Å². The fraction of sp³-hybridized carbons (Fsp3) is 0.909. The smallest absolute Gasteiger partial charge is 0.236 e. The molecule has 2 N–H and O–H groups in total. The first-order valence-electron chi connectivity index (χ1n) is 5.73. The Morgan fingerprint density at radius 1 is 1.53 bits per heavy atom. The first-order chi connectivity index (χ1) is 7.19. The van der Waals surface area contributed by atoms with Crippen LogP contribution in [0.25, 0.3) is 0 Å². The van der Waals surface area contributed by atoms with Gasteiger partial charge in [0.1, 0.15) is 0 Å². The van der Waals surface area contributed by atoms with Gasteiger partial charge >= 0.3 is 0 Å². The van der Waals surface area contributed by atoms with E-state index < -0.39 is 0 Å². The molecule has 0 aromatic carbocycles. The Bertz CT molecular complexity index is 259. The van der Waals surface area contributed by atoms with Crippen LogP contribution in [0, 0.1) is 11.3 Å². The molecule has 0 aromatic rings. The van der Waals surface area contributed by atoms with E-state index in [9.17, 15) is 4.79 Å². The Labute approximate surface area is 95.9 Å². The molecular weight excluding hydrogens is 212 g/mol. The van der Waals surface area contributed by atoms with E-state index in [-0.39, 0.29) is 12.5 Å². The summed E-state index contributed by atoms with van der Waals surface area (Å²) in [7, 11) is 0. The van der Waals surface area contributed by atoms with Crippen molar-refractivity contribution < 1.29 is 4.79 Å². The Hall–Kier alpha value is -0.280. The van der Waals surface area contributed by atoms with Crippen LogP contribution in [-0.4, -0.2) is 36.3 Å². The second-order valence-corrected chi connectivity index (χ2v) is 5.34. The van der Waals surface area contributed by atoms with E-state index in [0.29, 0.717) is 11.3 Å². The molecule has 2 fully saturated rings. The fourth-order valence-electron chi connectivity index (χ4n) is 3.11. The third-order valence-electron chi connectivity index (χ3n) is 3.99. The summed E-state index contributed by atoms with van der Waals surface area (Å²) in [6.07, 6.45) is 4.81. The van der Waals surface area contributed by atoms with Gasteiger partial charge in [-0.05, 0) is 37.0 Å². The van der Waals surface area contributed by atoms with Crippen molar-refractivity contribution in [2.24, 2.45) is 17.1 Å². The van der Waals surface area contributed by atoms with Crippen LogP contribution in [0.5, 0.6) is 0 Å². The third kappa shape index (κ3) is 2.13. The van der Waals surface area contributed by atoms with Crippen molar-refractivity contribution in [3.8, 4) is 0 Å². The molecule has 2 atom stereocenters. The minimum absolute atomic E-state index is 0.0983. The summed E-state index contributed by atoms with van der Waals surface area (Å²) in [5, 5.41) is 0. The number of nitrogens with zero attached hydrogens (tertiary/aromatic N) is 1. The van der Waals surface area contributed by atoms with Crippen molar-refractivity contribution in [1.29, 1.82) is 0 Å². The Morgan fingerprint density at radius 3 is 2.93 bits per heavy atom. The highest BCUT2D eigenvalue weighted by Crippen LogP contribution is 2.48. The molecule has 1 heterocycles. The van der Waals surface area contributed by atoms with Crippen LogP contribution in [0.2, 0.25) is 0 Å². The van der Waals surface area contributed by atoms with Gasteiger partial charge in [-0.15, -0.1) is 11.6 Å². The summed E-state index contributed by atoms with van der Waals surface area (Å²) in [5.41, 5.74) is 5.76. The van der Waals surface area contributed by atoms with E-state index in [1.165, 1.54) is 19.3 Å². The van der Waals surface area contributed by atoms with Crippen molar-refractivity contribution >= 4 is 17.5 Å². The van der Waals surface area contributed by atoms with E-state index in [2.05, 4.69) is 0 Å². The molecule has 1 spiro atoms. The number of rotatable bonds is 2.